The summed E-state index contributed by atoms with van der Waals surface area (Å²) in [5, 5.41) is 0. The summed E-state index contributed by atoms with van der Waals surface area (Å²) in [6.45, 7) is 4.74. The molecule has 2 aliphatic rings. The quantitative estimate of drug-likeness (QED) is 0.641. The van der Waals surface area contributed by atoms with Gasteiger partial charge in [0.25, 0.3) is 10.0 Å². The topological polar surface area (TPSA) is 92.8 Å². The fraction of sp³-hybridized carbons (Fsp3) is 0.478. The van der Waals surface area contributed by atoms with Crippen LogP contribution in [0.1, 0.15) is 58.6 Å². The maximum Gasteiger partial charge on any atom is 0.340 e. The third kappa shape index (κ3) is 4.41. The largest absolute Gasteiger partial charge is 0.465 e. The molecule has 0 spiro atoms. The number of benzene rings is 1. The Hall–Kier alpha value is -2.39. The molecule has 2 aromatic rings. The molecule has 0 saturated heterocycles. The van der Waals surface area contributed by atoms with Crippen molar-refractivity contribution in [1.82, 2.24) is 4.90 Å². The lowest BCUT2D eigenvalue weighted by Gasteiger charge is -2.27. The van der Waals surface area contributed by atoms with Crippen LogP contribution >= 0.6 is 11.3 Å². The molecular formula is C23H28N2O5S2. The van der Waals surface area contributed by atoms with Crippen LogP contribution in [0.25, 0.3) is 0 Å². The summed E-state index contributed by atoms with van der Waals surface area (Å²) in [6.07, 6.45) is 3.89. The highest BCUT2D eigenvalue weighted by molar-refractivity contribution is 7.94. The van der Waals surface area contributed by atoms with E-state index in [1.54, 1.807) is 11.0 Å². The van der Waals surface area contributed by atoms with Crippen molar-refractivity contribution in [2.24, 2.45) is 5.92 Å². The van der Waals surface area contributed by atoms with Crippen molar-refractivity contribution in [2.45, 2.75) is 56.7 Å². The van der Waals surface area contributed by atoms with Crippen LogP contribution in [-0.2, 0) is 45.4 Å². The number of hydrogen-bond donors (Lipinski definition) is 1. The zero-order chi connectivity index (χ0) is 23.0. The zero-order valence-electron chi connectivity index (χ0n) is 18.6. The van der Waals surface area contributed by atoms with Gasteiger partial charge in [-0.25, -0.2) is 13.2 Å². The molecule has 0 fully saturated rings. The highest BCUT2D eigenvalue weighted by Gasteiger charge is 2.35. The number of anilines is 1. The van der Waals surface area contributed by atoms with Gasteiger partial charge in [-0.15, -0.1) is 11.3 Å². The first-order chi connectivity index (χ1) is 15.2. The van der Waals surface area contributed by atoms with Crippen LogP contribution < -0.4 is 4.72 Å². The Morgan fingerprint density at radius 2 is 1.94 bits per heavy atom. The van der Waals surface area contributed by atoms with Crippen molar-refractivity contribution < 1.29 is 22.7 Å². The number of hydrogen-bond acceptors (Lipinski definition) is 6. The Morgan fingerprint density at radius 1 is 1.19 bits per heavy atom. The van der Waals surface area contributed by atoms with Gasteiger partial charge < -0.3 is 9.64 Å². The molecule has 7 nitrogen and oxygen atoms in total. The molecule has 1 aromatic heterocycles. The summed E-state index contributed by atoms with van der Waals surface area (Å²) in [4.78, 5) is 27.6. The van der Waals surface area contributed by atoms with Gasteiger partial charge in [-0.2, -0.15) is 0 Å². The summed E-state index contributed by atoms with van der Waals surface area (Å²) in [5.41, 5.74) is 3.66. The van der Waals surface area contributed by atoms with E-state index in [0.29, 0.717) is 37.2 Å². The number of methoxy groups -OCH3 is 1. The number of carbonyl (C=O) groups is 2. The van der Waals surface area contributed by atoms with Crippen LogP contribution in [0.3, 0.4) is 0 Å². The molecule has 4 rings (SSSR count). The van der Waals surface area contributed by atoms with E-state index >= 15 is 0 Å². The summed E-state index contributed by atoms with van der Waals surface area (Å²) in [5.74, 6) is -0.386. The second-order valence-electron chi connectivity index (χ2n) is 8.76. The lowest BCUT2D eigenvalue weighted by molar-refractivity contribution is -0.132. The first-order valence-corrected chi connectivity index (χ1v) is 13.1. The molecule has 172 valence electrons. The zero-order valence-corrected chi connectivity index (χ0v) is 20.2. The smallest absolute Gasteiger partial charge is 0.340 e. The Kier molecular flexibility index (Phi) is 6.31. The minimum Gasteiger partial charge on any atom is -0.465 e. The highest BCUT2D eigenvalue weighted by atomic mass is 32.2. The number of carbonyl (C=O) groups excluding carboxylic acids is 2. The van der Waals surface area contributed by atoms with E-state index < -0.39 is 16.0 Å². The lowest BCUT2D eigenvalue weighted by Crippen LogP contribution is -2.36. The van der Waals surface area contributed by atoms with Crippen LogP contribution in [0, 0.1) is 5.92 Å². The van der Waals surface area contributed by atoms with Crippen molar-refractivity contribution in [3.05, 3.63) is 45.3 Å². The molecule has 0 radical (unpaired) electrons. The Balaban J connectivity index is 1.67. The Morgan fingerprint density at radius 3 is 2.66 bits per heavy atom. The number of esters is 1. The summed E-state index contributed by atoms with van der Waals surface area (Å²) in [7, 11) is -2.76. The number of aryl methyl sites for hydroxylation is 2. The van der Waals surface area contributed by atoms with Crippen molar-refractivity contribution in [3.63, 3.8) is 0 Å². The molecule has 0 saturated carbocycles. The van der Waals surface area contributed by atoms with Crippen LogP contribution in [0.4, 0.5) is 5.69 Å². The van der Waals surface area contributed by atoms with Gasteiger partial charge in [0.05, 0.1) is 19.2 Å². The number of rotatable bonds is 6. The second kappa shape index (κ2) is 8.86. The fourth-order valence-electron chi connectivity index (χ4n) is 4.40. The molecule has 2 heterocycles. The molecule has 0 bridgehead atoms. The van der Waals surface area contributed by atoms with E-state index in [0.717, 1.165) is 41.0 Å². The van der Waals surface area contributed by atoms with E-state index in [1.807, 2.05) is 26.0 Å². The van der Waals surface area contributed by atoms with Crippen molar-refractivity contribution >= 4 is 38.9 Å². The van der Waals surface area contributed by atoms with Crippen molar-refractivity contribution in [2.75, 3.05) is 18.4 Å². The SMILES string of the molecule is COC(=O)c1c(S(=O)(=O)Nc2ccc3c(c2)CCC3)sc2c1CCN(C(=O)CC(C)C)C2. The van der Waals surface area contributed by atoms with Crippen LogP contribution in [0.2, 0.25) is 0 Å². The van der Waals surface area contributed by atoms with Gasteiger partial charge in [0.15, 0.2) is 4.21 Å². The highest BCUT2D eigenvalue weighted by Crippen LogP contribution is 2.38. The van der Waals surface area contributed by atoms with E-state index in [9.17, 15) is 18.0 Å². The number of nitrogens with one attached hydrogen (secondary N) is 1. The summed E-state index contributed by atoms with van der Waals surface area (Å²) in [6, 6.07) is 5.59. The van der Waals surface area contributed by atoms with Crippen LogP contribution in [0.15, 0.2) is 22.4 Å². The number of amides is 1. The minimum absolute atomic E-state index is 0.0411. The van der Waals surface area contributed by atoms with E-state index in [1.165, 1.54) is 12.7 Å². The standard InChI is InChI=1S/C23H28N2O5S2/c1-14(2)11-20(26)25-10-9-18-19(13-25)31-23(21(18)22(27)30-3)32(28,29)24-17-8-7-15-5-4-6-16(15)12-17/h7-8,12,14,24H,4-6,9-11,13H2,1-3H3. The molecule has 1 aromatic carbocycles. The molecule has 1 amide bonds. The summed E-state index contributed by atoms with van der Waals surface area (Å²) >= 11 is 1.05. The van der Waals surface area contributed by atoms with Crippen molar-refractivity contribution in [3.8, 4) is 0 Å². The number of thiophene rings is 1. The first kappa shape index (κ1) is 22.8. The number of fused-ring (bicyclic) bond motifs is 2. The second-order valence-corrected chi connectivity index (χ2v) is 11.7. The van der Waals surface area contributed by atoms with Gasteiger partial charge >= 0.3 is 5.97 Å². The average molecular weight is 477 g/mol. The number of sulfonamides is 1. The van der Waals surface area contributed by atoms with Gasteiger partial charge in [-0.1, -0.05) is 19.9 Å². The normalized spacial score (nSPS) is 15.4. The van der Waals surface area contributed by atoms with Gasteiger partial charge in [0, 0.05) is 23.5 Å². The molecule has 1 aliphatic heterocycles. The third-order valence-corrected chi connectivity index (χ3v) is 9.06. The minimum atomic E-state index is -4.00. The maximum atomic E-state index is 13.3. The van der Waals surface area contributed by atoms with Gasteiger partial charge in [0.1, 0.15) is 0 Å². The Labute approximate surface area is 192 Å². The fourth-order valence-corrected chi connectivity index (χ4v) is 7.36. The molecule has 9 heteroatoms. The first-order valence-electron chi connectivity index (χ1n) is 10.8. The molecule has 1 aliphatic carbocycles. The lowest BCUT2D eigenvalue weighted by atomic mass is 10.0. The summed E-state index contributed by atoms with van der Waals surface area (Å²) < 4.78 is 34.2. The molecular weight excluding hydrogens is 448 g/mol. The van der Waals surface area contributed by atoms with E-state index in [-0.39, 0.29) is 21.6 Å². The Bertz CT molecular complexity index is 1170. The van der Waals surface area contributed by atoms with Gasteiger partial charge in [-0.3, -0.25) is 9.52 Å². The van der Waals surface area contributed by atoms with Gasteiger partial charge in [0.2, 0.25) is 5.91 Å². The molecule has 0 unspecified atom stereocenters. The van der Waals surface area contributed by atoms with Crippen molar-refractivity contribution in [1.29, 1.82) is 0 Å². The van der Waals surface area contributed by atoms with Gasteiger partial charge in [-0.05, 0) is 60.4 Å². The predicted octanol–water partition coefficient (Wildman–Crippen LogP) is 3.76. The molecule has 32 heavy (non-hydrogen) atoms. The van der Waals surface area contributed by atoms with Crippen LogP contribution in [0.5, 0.6) is 0 Å². The average Bonchev–Trinajstić information content (AvgIpc) is 3.36. The number of nitrogens with zero attached hydrogens (tertiary/aromatic N) is 1. The third-order valence-electron chi connectivity index (χ3n) is 5.94. The van der Waals surface area contributed by atoms with E-state index in [2.05, 4.69) is 4.72 Å². The predicted molar refractivity (Wildman–Crippen MR) is 124 cm³/mol. The number of ether oxygens (including phenoxy) is 1. The molecule has 0 atom stereocenters. The maximum absolute atomic E-state index is 13.3. The van der Waals surface area contributed by atoms with Crippen LogP contribution in [-0.4, -0.2) is 38.8 Å². The monoisotopic (exact) mass is 476 g/mol. The molecule has 1 N–H and O–H groups in total. The van der Waals surface area contributed by atoms with E-state index in [4.69, 9.17) is 4.74 Å².